The van der Waals surface area contributed by atoms with Gasteiger partial charge in [-0.1, -0.05) is 27.2 Å². The Morgan fingerprint density at radius 2 is 1.88 bits per heavy atom. The quantitative estimate of drug-likeness (QED) is 0.480. The number of ether oxygens (including phenoxy) is 1. The van der Waals surface area contributed by atoms with Crippen molar-refractivity contribution in [1.29, 1.82) is 0 Å². The van der Waals surface area contributed by atoms with Crippen LogP contribution in [0.15, 0.2) is 0 Å². The van der Waals surface area contributed by atoms with E-state index in [1.165, 1.54) is 0 Å². The molecule has 1 atom stereocenters. The van der Waals surface area contributed by atoms with Crippen molar-refractivity contribution in [3.63, 3.8) is 0 Å². The van der Waals surface area contributed by atoms with E-state index in [0.717, 1.165) is 17.7 Å². The van der Waals surface area contributed by atoms with Gasteiger partial charge in [-0.25, -0.2) is 4.79 Å². The minimum atomic E-state index is -0.954. The van der Waals surface area contributed by atoms with E-state index < -0.39 is 42.5 Å². The van der Waals surface area contributed by atoms with Crippen molar-refractivity contribution in [2.45, 2.75) is 65.0 Å². The van der Waals surface area contributed by atoms with E-state index in [-0.39, 0.29) is 6.04 Å². The molecule has 136 valence electrons. The lowest BCUT2D eigenvalue weighted by atomic mass is 9.93. The molecule has 0 bridgehead atoms. The van der Waals surface area contributed by atoms with Crippen LogP contribution < -0.4 is 10.6 Å². The van der Waals surface area contributed by atoms with Crippen molar-refractivity contribution in [2.75, 3.05) is 13.2 Å². The van der Waals surface area contributed by atoms with Crippen molar-refractivity contribution in [2.24, 2.45) is 0 Å². The average Bonchev–Trinajstić information content (AvgIpc) is 2.77. The Hall–Kier alpha value is -2.12. The van der Waals surface area contributed by atoms with Crippen molar-refractivity contribution >= 4 is 23.8 Å². The monoisotopic (exact) mass is 341 g/mol. The third kappa shape index (κ3) is 4.69. The molecular formula is C16H27N3O5. The van der Waals surface area contributed by atoms with Gasteiger partial charge in [0.15, 0.2) is 6.61 Å². The zero-order chi connectivity index (χ0) is 18.3. The van der Waals surface area contributed by atoms with Crippen molar-refractivity contribution in [3.8, 4) is 0 Å². The molecule has 8 heteroatoms. The minimum Gasteiger partial charge on any atom is -0.454 e. The maximum absolute atomic E-state index is 12.3. The van der Waals surface area contributed by atoms with E-state index in [4.69, 9.17) is 4.74 Å². The zero-order valence-corrected chi connectivity index (χ0v) is 14.8. The summed E-state index contributed by atoms with van der Waals surface area (Å²) in [5.74, 6) is -1.63. The van der Waals surface area contributed by atoms with Gasteiger partial charge in [-0.05, 0) is 26.2 Å². The first-order valence-corrected chi connectivity index (χ1v) is 8.38. The molecule has 0 radical (unpaired) electrons. The van der Waals surface area contributed by atoms with Crippen LogP contribution >= 0.6 is 0 Å². The molecule has 0 spiro atoms. The number of nitrogens with one attached hydrogen (secondary N) is 2. The fourth-order valence-electron chi connectivity index (χ4n) is 2.69. The summed E-state index contributed by atoms with van der Waals surface area (Å²) < 4.78 is 4.85. The molecule has 24 heavy (non-hydrogen) atoms. The van der Waals surface area contributed by atoms with Gasteiger partial charge in [0.1, 0.15) is 12.1 Å². The summed E-state index contributed by atoms with van der Waals surface area (Å²) in [5, 5.41) is 5.33. The second-order valence-corrected chi connectivity index (χ2v) is 6.03. The molecule has 0 unspecified atom stereocenters. The number of esters is 1. The van der Waals surface area contributed by atoms with Crippen molar-refractivity contribution in [3.05, 3.63) is 0 Å². The lowest BCUT2D eigenvalue weighted by Gasteiger charge is -2.22. The third-order valence-corrected chi connectivity index (χ3v) is 4.23. The molecule has 0 aromatic carbocycles. The van der Waals surface area contributed by atoms with Gasteiger partial charge >= 0.3 is 12.0 Å². The first-order valence-electron chi connectivity index (χ1n) is 8.38. The summed E-state index contributed by atoms with van der Waals surface area (Å²) in [7, 11) is 0. The molecule has 1 fully saturated rings. The number of amides is 4. The number of imide groups is 1. The molecule has 1 aliphatic rings. The van der Waals surface area contributed by atoms with Crippen LogP contribution in [-0.4, -0.2) is 53.4 Å². The molecule has 2 N–H and O–H groups in total. The predicted molar refractivity (Wildman–Crippen MR) is 87.0 cm³/mol. The second kappa shape index (κ2) is 8.65. The van der Waals surface area contributed by atoms with E-state index in [1.807, 2.05) is 13.8 Å². The van der Waals surface area contributed by atoms with Crippen LogP contribution in [0.1, 0.15) is 53.4 Å². The zero-order valence-electron chi connectivity index (χ0n) is 14.8. The predicted octanol–water partition coefficient (Wildman–Crippen LogP) is 0.945. The van der Waals surface area contributed by atoms with Crippen molar-refractivity contribution < 1.29 is 23.9 Å². The van der Waals surface area contributed by atoms with E-state index >= 15 is 0 Å². The molecular weight excluding hydrogens is 314 g/mol. The first kappa shape index (κ1) is 19.9. The molecule has 1 rings (SSSR count). The lowest BCUT2D eigenvalue weighted by molar-refractivity contribution is -0.151. The topological polar surface area (TPSA) is 105 Å². The SMILES string of the molecule is CCC[C@@H](C)NC(=O)COC(=O)CN1C(=O)NC(CC)(CC)C1=O. The van der Waals surface area contributed by atoms with Gasteiger partial charge in [0, 0.05) is 6.04 Å². The number of urea groups is 1. The molecule has 4 amide bonds. The smallest absolute Gasteiger partial charge is 0.326 e. The first-order chi connectivity index (χ1) is 11.3. The van der Waals surface area contributed by atoms with Crippen LogP contribution in [0, 0.1) is 0 Å². The highest BCUT2D eigenvalue weighted by molar-refractivity contribution is 6.08. The van der Waals surface area contributed by atoms with Crippen LogP contribution in [0.4, 0.5) is 4.79 Å². The summed E-state index contributed by atoms with van der Waals surface area (Å²) in [6, 6.07) is -0.608. The Labute approximate surface area is 142 Å². The summed E-state index contributed by atoms with van der Waals surface area (Å²) in [4.78, 5) is 48.6. The number of hydrogen-bond donors (Lipinski definition) is 2. The summed E-state index contributed by atoms with van der Waals surface area (Å²) >= 11 is 0. The summed E-state index contributed by atoms with van der Waals surface area (Å²) in [6.45, 7) is 6.54. The Morgan fingerprint density at radius 1 is 1.25 bits per heavy atom. The Morgan fingerprint density at radius 3 is 2.38 bits per heavy atom. The molecule has 0 aromatic rings. The van der Waals surface area contributed by atoms with Gasteiger partial charge in [0.25, 0.3) is 11.8 Å². The highest BCUT2D eigenvalue weighted by Crippen LogP contribution is 2.24. The van der Waals surface area contributed by atoms with Crippen LogP contribution in [0.2, 0.25) is 0 Å². The number of nitrogens with zero attached hydrogens (tertiary/aromatic N) is 1. The van der Waals surface area contributed by atoms with Gasteiger partial charge in [-0.3, -0.25) is 19.3 Å². The standard InChI is InChI=1S/C16H27N3O5/c1-5-8-11(4)17-12(20)10-24-13(21)9-19-14(22)16(6-2,7-3)18-15(19)23/h11H,5-10H2,1-4H3,(H,17,20)(H,18,23)/t11-/m1/s1. The fraction of sp³-hybridized carbons (Fsp3) is 0.750. The van der Waals surface area contributed by atoms with Crippen LogP contribution in [-0.2, 0) is 19.1 Å². The number of carbonyl (C=O) groups is 4. The molecule has 1 saturated heterocycles. The van der Waals surface area contributed by atoms with E-state index in [9.17, 15) is 19.2 Å². The molecule has 1 aliphatic heterocycles. The molecule has 0 saturated carbocycles. The number of hydrogen-bond acceptors (Lipinski definition) is 5. The second-order valence-electron chi connectivity index (χ2n) is 6.03. The Bertz CT molecular complexity index is 502. The maximum atomic E-state index is 12.3. The van der Waals surface area contributed by atoms with E-state index in [2.05, 4.69) is 10.6 Å². The highest BCUT2D eigenvalue weighted by atomic mass is 16.5. The lowest BCUT2D eigenvalue weighted by Crippen LogP contribution is -2.46. The van der Waals surface area contributed by atoms with Gasteiger partial charge in [0.2, 0.25) is 0 Å². The van der Waals surface area contributed by atoms with Gasteiger partial charge in [0.05, 0.1) is 0 Å². The summed E-state index contributed by atoms with van der Waals surface area (Å²) in [6.07, 6.45) is 2.65. The largest absolute Gasteiger partial charge is 0.454 e. The Kier molecular flexibility index (Phi) is 7.18. The van der Waals surface area contributed by atoms with Crippen molar-refractivity contribution in [1.82, 2.24) is 15.5 Å². The minimum absolute atomic E-state index is 0.00173. The summed E-state index contributed by atoms with van der Waals surface area (Å²) in [5.41, 5.74) is -0.954. The fourth-order valence-corrected chi connectivity index (χ4v) is 2.69. The van der Waals surface area contributed by atoms with Crippen LogP contribution in [0.3, 0.4) is 0 Å². The number of carbonyl (C=O) groups excluding carboxylic acids is 4. The van der Waals surface area contributed by atoms with Gasteiger partial charge in [-0.15, -0.1) is 0 Å². The molecule has 0 aliphatic carbocycles. The number of rotatable bonds is 9. The molecule has 1 heterocycles. The highest BCUT2D eigenvalue weighted by Gasteiger charge is 2.49. The van der Waals surface area contributed by atoms with E-state index in [0.29, 0.717) is 12.8 Å². The maximum Gasteiger partial charge on any atom is 0.326 e. The third-order valence-electron chi connectivity index (χ3n) is 4.23. The Balaban J connectivity index is 2.49. The van der Waals surface area contributed by atoms with Crippen LogP contribution in [0.5, 0.6) is 0 Å². The average molecular weight is 341 g/mol. The normalized spacial score (nSPS) is 17.4. The molecule has 8 nitrogen and oxygen atoms in total. The van der Waals surface area contributed by atoms with Gasteiger partial charge < -0.3 is 15.4 Å². The van der Waals surface area contributed by atoms with E-state index in [1.54, 1.807) is 13.8 Å². The molecule has 0 aromatic heterocycles. The van der Waals surface area contributed by atoms with Crippen LogP contribution in [0.25, 0.3) is 0 Å². The van der Waals surface area contributed by atoms with Gasteiger partial charge in [-0.2, -0.15) is 0 Å².